The zero-order valence-electron chi connectivity index (χ0n) is 21.2. The second-order valence-corrected chi connectivity index (χ2v) is 9.40. The molecule has 0 spiro atoms. The Morgan fingerprint density at radius 1 is 0.861 bits per heavy atom. The lowest BCUT2D eigenvalue weighted by Gasteiger charge is -2.40. The average molecular weight is 488 g/mol. The molecule has 2 N–H and O–H groups in total. The van der Waals surface area contributed by atoms with Crippen LogP contribution in [0.1, 0.15) is 49.9 Å². The van der Waals surface area contributed by atoms with E-state index in [0.717, 1.165) is 11.1 Å². The van der Waals surface area contributed by atoms with Crippen molar-refractivity contribution in [1.29, 1.82) is 0 Å². The van der Waals surface area contributed by atoms with Crippen molar-refractivity contribution in [3.8, 4) is 11.5 Å². The van der Waals surface area contributed by atoms with Crippen LogP contribution in [0.5, 0.6) is 11.5 Å². The number of methoxy groups -OCH3 is 2. The van der Waals surface area contributed by atoms with Gasteiger partial charge in [0.2, 0.25) is 0 Å². The van der Waals surface area contributed by atoms with Gasteiger partial charge in [-0.2, -0.15) is 0 Å². The van der Waals surface area contributed by atoms with Gasteiger partial charge in [-0.3, -0.25) is 9.59 Å². The minimum atomic E-state index is -1.04. The normalized spacial score (nSPS) is 20.4. The number of carbonyl (C=O) groups is 2. The highest BCUT2D eigenvalue weighted by atomic mass is 16.5. The standard InChI is InChI=1S/C30H33NO5/c1-18-8-12-20(13-9-18)27(32)25-22(29(34)23-6-5-7-24(35-3)30(23)36-4)16-17-31-26(25)28(33)21-14-10-19(2)11-15-21/h5-15,22,25-26,29,31,34H,16-17H2,1-4H3/t22?,25-,26-,29-/m1/s1. The summed E-state index contributed by atoms with van der Waals surface area (Å²) in [7, 11) is 3.06. The van der Waals surface area contributed by atoms with E-state index >= 15 is 0 Å². The van der Waals surface area contributed by atoms with E-state index in [1.165, 1.54) is 7.11 Å². The van der Waals surface area contributed by atoms with Crippen LogP contribution < -0.4 is 14.8 Å². The third kappa shape index (κ3) is 5.06. The fraction of sp³-hybridized carbons (Fsp3) is 0.333. The summed E-state index contributed by atoms with van der Waals surface area (Å²) >= 11 is 0. The Kier molecular flexibility index (Phi) is 7.87. The molecular weight excluding hydrogens is 454 g/mol. The lowest BCUT2D eigenvalue weighted by atomic mass is 9.70. The first-order valence-corrected chi connectivity index (χ1v) is 12.2. The molecule has 3 aromatic rings. The Morgan fingerprint density at radius 3 is 2.00 bits per heavy atom. The number of aliphatic hydroxyl groups excluding tert-OH is 1. The topological polar surface area (TPSA) is 84.9 Å². The van der Waals surface area contributed by atoms with Crippen molar-refractivity contribution in [1.82, 2.24) is 5.32 Å². The quantitative estimate of drug-likeness (QED) is 0.448. The Bertz CT molecular complexity index is 1220. The van der Waals surface area contributed by atoms with Gasteiger partial charge < -0.3 is 19.9 Å². The molecule has 36 heavy (non-hydrogen) atoms. The number of rotatable bonds is 8. The second-order valence-electron chi connectivity index (χ2n) is 9.40. The number of aliphatic hydroxyl groups is 1. The summed E-state index contributed by atoms with van der Waals surface area (Å²) < 4.78 is 11.0. The molecule has 1 unspecified atom stereocenters. The largest absolute Gasteiger partial charge is 0.493 e. The Balaban J connectivity index is 1.78. The maximum absolute atomic E-state index is 14.0. The molecule has 1 heterocycles. The van der Waals surface area contributed by atoms with Crippen LogP contribution in [0.2, 0.25) is 0 Å². The summed E-state index contributed by atoms with van der Waals surface area (Å²) in [6, 6.07) is 19.3. The molecule has 188 valence electrons. The van der Waals surface area contributed by atoms with E-state index in [-0.39, 0.29) is 11.6 Å². The molecule has 1 fully saturated rings. The number of carbonyl (C=O) groups excluding carboxylic acids is 2. The van der Waals surface area contributed by atoms with Crippen LogP contribution in [-0.4, -0.2) is 43.5 Å². The SMILES string of the molecule is COc1cccc([C@H](O)C2CCN[C@@H](C(=O)c3ccc(C)cc3)[C@@H]2C(=O)c2ccc(C)cc2)c1OC. The van der Waals surface area contributed by atoms with Crippen molar-refractivity contribution in [3.05, 3.63) is 94.5 Å². The summed E-state index contributed by atoms with van der Waals surface area (Å²) in [5, 5.41) is 15.0. The fourth-order valence-corrected chi connectivity index (χ4v) is 5.10. The Labute approximate surface area is 212 Å². The van der Waals surface area contributed by atoms with Gasteiger partial charge in [-0.15, -0.1) is 0 Å². The Morgan fingerprint density at radius 2 is 1.44 bits per heavy atom. The summed E-state index contributed by atoms with van der Waals surface area (Å²) in [6.07, 6.45) is -0.522. The number of ether oxygens (including phenoxy) is 2. The van der Waals surface area contributed by atoms with Crippen LogP contribution in [0.15, 0.2) is 66.7 Å². The van der Waals surface area contributed by atoms with Gasteiger partial charge in [0.05, 0.1) is 32.3 Å². The maximum Gasteiger partial charge on any atom is 0.180 e. The van der Waals surface area contributed by atoms with Crippen LogP contribution in [0.4, 0.5) is 0 Å². The van der Waals surface area contributed by atoms with Gasteiger partial charge in [-0.1, -0.05) is 71.8 Å². The van der Waals surface area contributed by atoms with E-state index in [4.69, 9.17) is 9.47 Å². The van der Waals surface area contributed by atoms with Crippen molar-refractivity contribution in [2.45, 2.75) is 32.4 Å². The monoisotopic (exact) mass is 487 g/mol. The van der Waals surface area contributed by atoms with Gasteiger partial charge in [0.25, 0.3) is 0 Å². The molecule has 4 atom stereocenters. The maximum atomic E-state index is 14.0. The molecule has 4 rings (SSSR count). The number of hydrogen-bond donors (Lipinski definition) is 2. The highest BCUT2D eigenvalue weighted by Gasteiger charge is 2.46. The van der Waals surface area contributed by atoms with Crippen molar-refractivity contribution >= 4 is 11.6 Å². The smallest absolute Gasteiger partial charge is 0.180 e. The predicted octanol–water partition coefficient (Wildman–Crippen LogP) is 4.71. The summed E-state index contributed by atoms with van der Waals surface area (Å²) in [5.74, 6) is -0.694. The molecule has 1 aliphatic heterocycles. The molecular formula is C30H33NO5. The van der Waals surface area contributed by atoms with Crippen LogP contribution in [-0.2, 0) is 0 Å². The predicted molar refractivity (Wildman–Crippen MR) is 139 cm³/mol. The molecule has 6 nitrogen and oxygen atoms in total. The number of hydrogen-bond acceptors (Lipinski definition) is 6. The van der Waals surface area contributed by atoms with E-state index < -0.39 is 24.0 Å². The first-order chi connectivity index (χ1) is 17.3. The zero-order chi connectivity index (χ0) is 25.8. The van der Waals surface area contributed by atoms with Crippen molar-refractivity contribution in [2.75, 3.05) is 20.8 Å². The number of nitrogens with one attached hydrogen (secondary N) is 1. The number of para-hydroxylation sites is 1. The fourth-order valence-electron chi connectivity index (χ4n) is 5.10. The van der Waals surface area contributed by atoms with Crippen molar-refractivity contribution < 1.29 is 24.2 Å². The van der Waals surface area contributed by atoms with Crippen molar-refractivity contribution in [3.63, 3.8) is 0 Å². The molecule has 1 saturated heterocycles. The molecule has 0 aliphatic carbocycles. The molecule has 0 amide bonds. The van der Waals surface area contributed by atoms with Gasteiger partial charge in [-0.25, -0.2) is 0 Å². The lowest BCUT2D eigenvalue weighted by Crippen LogP contribution is -2.54. The average Bonchev–Trinajstić information content (AvgIpc) is 2.91. The van der Waals surface area contributed by atoms with E-state index in [2.05, 4.69) is 5.32 Å². The van der Waals surface area contributed by atoms with Crippen LogP contribution in [0.25, 0.3) is 0 Å². The molecule has 0 bridgehead atoms. The number of ketones is 2. The molecule has 1 aliphatic rings. The number of aryl methyl sites for hydroxylation is 2. The molecule has 0 radical (unpaired) electrons. The summed E-state index contributed by atoms with van der Waals surface area (Å²) in [6.45, 7) is 4.42. The van der Waals surface area contributed by atoms with E-state index in [1.807, 2.05) is 38.1 Å². The van der Waals surface area contributed by atoms with Crippen LogP contribution in [0, 0.1) is 25.7 Å². The van der Waals surface area contributed by atoms with Gasteiger partial charge in [0.15, 0.2) is 23.1 Å². The third-order valence-corrected chi connectivity index (χ3v) is 7.08. The lowest BCUT2D eigenvalue weighted by molar-refractivity contribution is 0.0290. The highest BCUT2D eigenvalue weighted by molar-refractivity contribution is 6.07. The van der Waals surface area contributed by atoms with Crippen LogP contribution >= 0.6 is 0 Å². The number of piperidine rings is 1. The molecule has 3 aromatic carbocycles. The van der Waals surface area contributed by atoms with Gasteiger partial charge in [-0.05, 0) is 32.9 Å². The molecule has 0 aromatic heterocycles. The first kappa shape index (κ1) is 25.6. The first-order valence-electron chi connectivity index (χ1n) is 12.2. The minimum absolute atomic E-state index is 0.157. The summed E-state index contributed by atoms with van der Waals surface area (Å²) in [5.41, 5.74) is 3.68. The van der Waals surface area contributed by atoms with E-state index in [0.29, 0.717) is 41.2 Å². The van der Waals surface area contributed by atoms with Gasteiger partial charge in [0.1, 0.15) is 0 Å². The Hall–Kier alpha value is -3.48. The summed E-state index contributed by atoms with van der Waals surface area (Å²) in [4.78, 5) is 27.7. The van der Waals surface area contributed by atoms with E-state index in [1.54, 1.807) is 49.6 Å². The van der Waals surface area contributed by atoms with Crippen LogP contribution in [0.3, 0.4) is 0 Å². The second kappa shape index (κ2) is 11.1. The van der Waals surface area contributed by atoms with Gasteiger partial charge >= 0.3 is 0 Å². The number of benzene rings is 3. The zero-order valence-corrected chi connectivity index (χ0v) is 21.2. The molecule has 0 saturated carbocycles. The van der Waals surface area contributed by atoms with E-state index in [9.17, 15) is 14.7 Å². The third-order valence-electron chi connectivity index (χ3n) is 7.08. The minimum Gasteiger partial charge on any atom is -0.493 e. The molecule has 6 heteroatoms. The van der Waals surface area contributed by atoms with Crippen molar-refractivity contribution in [2.24, 2.45) is 11.8 Å². The highest BCUT2D eigenvalue weighted by Crippen LogP contribution is 2.43. The number of Topliss-reactive ketones (excluding diaryl/α,β-unsaturated/α-hetero) is 2. The van der Waals surface area contributed by atoms with Gasteiger partial charge in [0, 0.05) is 22.6 Å².